The first-order valence-electron chi connectivity index (χ1n) is 11.3. The summed E-state index contributed by atoms with van der Waals surface area (Å²) in [6.07, 6.45) is 1.56. The van der Waals surface area contributed by atoms with E-state index >= 15 is 0 Å². The SMILES string of the molecule is O=C(O)CCN1C(=O)/C(=C/c2cc(-c3ccc(Cl)c(Cl)c3)ccc2OCCN2CCOCC2)SC1=S. The van der Waals surface area contributed by atoms with Gasteiger partial charge in [0, 0.05) is 31.7 Å². The molecule has 0 bridgehead atoms. The lowest BCUT2D eigenvalue weighted by molar-refractivity contribution is -0.137. The number of carbonyl (C=O) groups excluding carboxylic acids is 1. The molecule has 36 heavy (non-hydrogen) atoms. The molecule has 2 aromatic rings. The molecule has 2 aliphatic rings. The highest BCUT2D eigenvalue weighted by molar-refractivity contribution is 8.26. The summed E-state index contributed by atoms with van der Waals surface area (Å²) in [6, 6.07) is 11.1. The summed E-state index contributed by atoms with van der Waals surface area (Å²) >= 11 is 18.8. The Kier molecular flexibility index (Phi) is 9.27. The molecule has 1 amide bonds. The van der Waals surface area contributed by atoms with Crippen molar-refractivity contribution in [2.75, 3.05) is 46.0 Å². The Balaban J connectivity index is 1.60. The number of rotatable bonds is 9. The molecule has 2 aliphatic heterocycles. The molecule has 4 rings (SSSR count). The van der Waals surface area contributed by atoms with Crippen LogP contribution >= 0.6 is 47.2 Å². The number of benzene rings is 2. The monoisotopic (exact) mass is 566 g/mol. The van der Waals surface area contributed by atoms with Crippen LogP contribution in [0, 0.1) is 0 Å². The Morgan fingerprint density at radius 2 is 1.83 bits per heavy atom. The van der Waals surface area contributed by atoms with Crippen LogP contribution in [0.25, 0.3) is 17.2 Å². The smallest absolute Gasteiger partial charge is 0.305 e. The third kappa shape index (κ3) is 6.79. The van der Waals surface area contributed by atoms with E-state index in [2.05, 4.69) is 4.90 Å². The van der Waals surface area contributed by atoms with Crippen LogP contribution in [0.15, 0.2) is 41.3 Å². The van der Waals surface area contributed by atoms with E-state index in [-0.39, 0.29) is 18.9 Å². The quantitative estimate of drug-likeness (QED) is 0.334. The second-order valence-electron chi connectivity index (χ2n) is 8.16. The van der Waals surface area contributed by atoms with E-state index in [1.54, 1.807) is 18.2 Å². The summed E-state index contributed by atoms with van der Waals surface area (Å²) in [7, 11) is 0. The van der Waals surface area contributed by atoms with Crippen LogP contribution in [-0.4, -0.2) is 77.1 Å². The van der Waals surface area contributed by atoms with Gasteiger partial charge in [-0.3, -0.25) is 19.4 Å². The van der Waals surface area contributed by atoms with Gasteiger partial charge in [0.05, 0.1) is 34.6 Å². The topological polar surface area (TPSA) is 79.3 Å². The summed E-state index contributed by atoms with van der Waals surface area (Å²) in [5.41, 5.74) is 2.45. The molecule has 190 valence electrons. The second-order valence-corrected chi connectivity index (χ2v) is 10.7. The van der Waals surface area contributed by atoms with Crippen LogP contribution in [0.1, 0.15) is 12.0 Å². The number of hydrogen-bond donors (Lipinski definition) is 1. The van der Waals surface area contributed by atoms with Crippen LogP contribution in [0.2, 0.25) is 10.0 Å². The number of halogens is 2. The van der Waals surface area contributed by atoms with Gasteiger partial charge in [-0.1, -0.05) is 59.3 Å². The van der Waals surface area contributed by atoms with Gasteiger partial charge < -0.3 is 14.6 Å². The molecule has 2 aromatic carbocycles. The molecule has 0 saturated carbocycles. The van der Waals surface area contributed by atoms with E-state index < -0.39 is 5.97 Å². The molecule has 7 nitrogen and oxygen atoms in total. The van der Waals surface area contributed by atoms with Crippen molar-refractivity contribution in [2.24, 2.45) is 0 Å². The van der Waals surface area contributed by atoms with Crippen molar-refractivity contribution in [2.45, 2.75) is 6.42 Å². The van der Waals surface area contributed by atoms with Crippen molar-refractivity contribution >= 4 is 69.5 Å². The van der Waals surface area contributed by atoms with Gasteiger partial charge >= 0.3 is 5.97 Å². The Labute approximate surface area is 228 Å². The van der Waals surface area contributed by atoms with Crippen molar-refractivity contribution in [3.8, 4) is 16.9 Å². The molecule has 2 fully saturated rings. The van der Waals surface area contributed by atoms with Crippen molar-refractivity contribution in [1.29, 1.82) is 0 Å². The zero-order valence-corrected chi connectivity index (χ0v) is 22.4. The maximum atomic E-state index is 13.0. The van der Waals surface area contributed by atoms with Crippen molar-refractivity contribution in [3.63, 3.8) is 0 Å². The number of morpholine rings is 1. The first-order chi connectivity index (χ1) is 17.3. The average Bonchev–Trinajstić information content (AvgIpc) is 3.12. The highest BCUT2D eigenvalue weighted by atomic mass is 35.5. The number of thiocarbonyl (C=S) groups is 1. The number of amides is 1. The van der Waals surface area contributed by atoms with Crippen molar-refractivity contribution in [1.82, 2.24) is 9.80 Å². The zero-order chi connectivity index (χ0) is 25.7. The lowest BCUT2D eigenvalue weighted by Gasteiger charge is -2.26. The molecule has 0 aromatic heterocycles. The minimum absolute atomic E-state index is 0.0313. The molecule has 1 N–H and O–H groups in total. The minimum Gasteiger partial charge on any atom is -0.492 e. The van der Waals surface area contributed by atoms with Gasteiger partial charge in [-0.25, -0.2) is 0 Å². The molecule has 0 aliphatic carbocycles. The average molecular weight is 568 g/mol. The third-order valence-corrected chi connectivity index (χ3v) is 7.86. The number of carboxylic acid groups (broad SMARTS) is 1. The van der Waals surface area contributed by atoms with Gasteiger partial charge in [0.25, 0.3) is 5.91 Å². The summed E-state index contributed by atoms with van der Waals surface area (Å²) < 4.78 is 11.9. The summed E-state index contributed by atoms with van der Waals surface area (Å²) in [5.74, 6) is -0.674. The lowest BCUT2D eigenvalue weighted by atomic mass is 10.0. The molecule has 2 heterocycles. The Bertz CT molecular complexity index is 1200. The number of aliphatic carboxylic acids is 1. The first-order valence-corrected chi connectivity index (χ1v) is 13.3. The number of ether oxygens (including phenoxy) is 2. The number of carboxylic acids is 1. The van der Waals surface area contributed by atoms with Crippen LogP contribution in [0.3, 0.4) is 0 Å². The maximum Gasteiger partial charge on any atom is 0.305 e. The predicted octanol–water partition coefficient (Wildman–Crippen LogP) is 5.05. The number of hydrogen-bond acceptors (Lipinski definition) is 7. The van der Waals surface area contributed by atoms with E-state index in [1.807, 2.05) is 24.3 Å². The fourth-order valence-corrected chi connectivity index (χ4v) is 5.40. The molecule has 11 heteroatoms. The Hall–Kier alpha value is -2.14. The highest BCUT2D eigenvalue weighted by Gasteiger charge is 2.32. The van der Waals surface area contributed by atoms with E-state index in [9.17, 15) is 9.59 Å². The van der Waals surface area contributed by atoms with Gasteiger partial charge in [0.1, 0.15) is 16.7 Å². The highest BCUT2D eigenvalue weighted by Crippen LogP contribution is 2.36. The Morgan fingerprint density at radius 3 is 2.56 bits per heavy atom. The standard InChI is InChI=1S/C25H24Cl2N2O5S2/c26-19-3-1-17(14-20(19)27)16-2-4-21(34-12-9-28-7-10-33-11-8-28)18(13-16)15-22-24(32)29(25(35)36-22)6-5-23(30)31/h1-4,13-15H,5-12H2,(H,30,31)/b22-15-. The molecular weight excluding hydrogens is 543 g/mol. The largest absolute Gasteiger partial charge is 0.492 e. The van der Waals surface area contributed by atoms with E-state index in [4.69, 9.17) is 50.0 Å². The van der Waals surface area contributed by atoms with Gasteiger partial charge in [0.2, 0.25) is 0 Å². The first kappa shape index (κ1) is 26.9. The second kappa shape index (κ2) is 12.4. The predicted molar refractivity (Wildman–Crippen MR) is 147 cm³/mol. The fraction of sp³-hybridized carbons (Fsp3) is 0.320. The molecule has 0 atom stereocenters. The summed E-state index contributed by atoms with van der Waals surface area (Å²) in [5, 5.41) is 9.90. The Morgan fingerprint density at radius 1 is 1.11 bits per heavy atom. The van der Waals surface area contributed by atoms with Gasteiger partial charge in [-0.2, -0.15) is 0 Å². The summed E-state index contributed by atoms with van der Waals surface area (Å²) in [4.78, 5) is 27.9. The van der Waals surface area contributed by atoms with Gasteiger partial charge in [-0.15, -0.1) is 0 Å². The van der Waals surface area contributed by atoms with Crippen molar-refractivity contribution in [3.05, 3.63) is 56.9 Å². The fourth-order valence-electron chi connectivity index (χ4n) is 3.80. The maximum absolute atomic E-state index is 13.0. The molecule has 0 unspecified atom stereocenters. The van der Waals surface area contributed by atoms with Crippen LogP contribution < -0.4 is 4.74 Å². The minimum atomic E-state index is -0.988. The molecular formula is C25H24Cl2N2O5S2. The third-order valence-electron chi connectivity index (χ3n) is 5.74. The van der Waals surface area contributed by atoms with Gasteiger partial charge in [0.15, 0.2) is 0 Å². The molecule has 0 spiro atoms. The van der Waals surface area contributed by atoms with Crippen LogP contribution in [-0.2, 0) is 14.3 Å². The number of nitrogens with zero attached hydrogens (tertiary/aromatic N) is 2. The van der Waals surface area contributed by atoms with Crippen LogP contribution in [0.4, 0.5) is 0 Å². The van der Waals surface area contributed by atoms with Crippen LogP contribution in [0.5, 0.6) is 5.75 Å². The molecule has 0 radical (unpaired) electrons. The normalized spacial score (nSPS) is 17.7. The number of thioether (sulfide) groups is 1. The summed E-state index contributed by atoms with van der Waals surface area (Å²) in [6.45, 7) is 4.43. The van der Waals surface area contributed by atoms with Crippen molar-refractivity contribution < 1.29 is 24.2 Å². The number of carbonyl (C=O) groups is 2. The lowest BCUT2D eigenvalue weighted by Crippen LogP contribution is -2.38. The molecule has 2 saturated heterocycles. The van der Waals surface area contributed by atoms with Gasteiger partial charge in [-0.05, 0) is 41.5 Å². The van der Waals surface area contributed by atoms with E-state index in [0.717, 1.165) is 42.5 Å². The zero-order valence-electron chi connectivity index (χ0n) is 19.2. The van der Waals surface area contributed by atoms with E-state index in [0.29, 0.717) is 50.4 Å². The van der Waals surface area contributed by atoms with E-state index in [1.165, 1.54) is 4.90 Å².